The fourth-order valence-electron chi connectivity index (χ4n) is 3.08. The summed E-state index contributed by atoms with van der Waals surface area (Å²) in [5.41, 5.74) is 2.12. The van der Waals surface area contributed by atoms with Crippen LogP contribution in [0.4, 0.5) is 0 Å². The Morgan fingerprint density at radius 2 is 1.46 bits per heavy atom. The molecule has 0 unspecified atom stereocenters. The number of aldehydes is 1. The molecule has 0 spiro atoms. The summed E-state index contributed by atoms with van der Waals surface area (Å²) in [4.78, 5) is 11.8. The number of carbonyl (C=O) groups is 1. The van der Waals surface area contributed by atoms with Crippen molar-refractivity contribution in [2.75, 3.05) is 0 Å². The Labute approximate surface area is 145 Å². The molecule has 0 radical (unpaired) electrons. The van der Waals surface area contributed by atoms with Crippen molar-refractivity contribution in [2.24, 2.45) is 0 Å². The minimum atomic E-state index is -0.664. The molecule has 2 aromatic carbocycles. The summed E-state index contributed by atoms with van der Waals surface area (Å²) >= 11 is 0. The predicted octanol–water partition coefficient (Wildman–Crippen LogP) is 5.09. The molecule has 1 aliphatic rings. The zero-order chi connectivity index (χ0) is 16.6. The van der Waals surface area contributed by atoms with Crippen LogP contribution in [-0.4, -0.2) is 6.29 Å². The molecule has 0 aromatic heterocycles. The van der Waals surface area contributed by atoms with E-state index in [2.05, 4.69) is 60.4 Å². The van der Waals surface area contributed by atoms with Crippen molar-refractivity contribution in [1.29, 1.82) is 0 Å². The Kier molecular flexibility index (Phi) is 6.15. The van der Waals surface area contributed by atoms with Gasteiger partial charge in [0.15, 0.2) is 0 Å². The van der Waals surface area contributed by atoms with E-state index in [1.54, 1.807) is 0 Å². The molecule has 0 amide bonds. The largest absolute Gasteiger partial charge is 0.298 e. The molecule has 0 heterocycles. The summed E-state index contributed by atoms with van der Waals surface area (Å²) in [6.07, 6.45) is 9.13. The van der Waals surface area contributed by atoms with Gasteiger partial charge in [-0.25, -0.2) is 0 Å². The molecule has 0 bridgehead atoms. The Morgan fingerprint density at radius 3 is 2.04 bits per heavy atom. The summed E-state index contributed by atoms with van der Waals surface area (Å²) in [6.45, 7) is 0. The van der Waals surface area contributed by atoms with Gasteiger partial charge in [0, 0.05) is 5.57 Å². The van der Waals surface area contributed by atoms with Crippen LogP contribution >= 0.6 is 7.92 Å². The zero-order valence-electron chi connectivity index (χ0n) is 13.9. The van der Waals surface area contributed by atoms with Gasteiger partial charge in [-0.2, -0.15) is 0 Å². The third kappa shape index (κ3) is 4.30. The molecule has 3 rings (SSSR count). The number of carbonyl (C=O) groups excluding carboxylic acids is 1. The molecule has 1 nitrogen and oxygen atoms in total. The molecular formula is C22H23OP. The van der Waals surface area contributed by atoms with Crippen molar-refractivity contribution >= 4 is 24.8 Å². The number of benzene rings is 2. The van der Waals surface area contributed by atoms with E-state index in [0.717, 1.165) is 24.7 Å². The quantitative estimate of drug-likeness (QED) is 0.423. The van der Waals surface area contributed by atoms with Crippen LogP contribution in [0, 0.1) is 0 Å². The maximum atomic E-state index is 11.8. The maximum Gasteiger partial charge on any atom is 0.150 e. The van der Waals surface area contributed by atoms with Gasteiger partial charge in [-0.05, 0) is 55.6 Å². The fourth-order valence-corrected chi connectivity index (χ4v) is 5.17. The lowest BCUT2D eigenvalue weighted by Crippen LogP contribution is -2.10. The summed E-state index contributed by atoms with van der Waals surface area (Å²) in [6, 6.07) is 21.1. The molecule has 122 valence electrons. The molecule has 0 saturated carbocycles. The van der Waals surface area contributed by atoms with Crippen molar-refractivity contribution in [3.63, 3.8) is 0 Å². The van der Waals surface area contributed by atoms with Crippen LogP contribution in [0.2, 0.25) is 0 Å². The van der Waals surface area contributed by atoms with E-state index in [-0.39, 0.29) is 0 Å². The minimum absolute atomic E-state index is 0.664. The van der Waals surface area contributed by atoms with E-state index in [9.17, 15) is 4.79 Å². The van der Waals surface area contributed by atoms with Crippen molar-refractivity contribution < 1.29 is 4.79 Å². The Hall–Kier alpha value is -1.98. The Balaban J connectivity index is 2.01. The van der Waals surface area contributed by atoms with Gasteiger partial charge >= 0.3 is 0 Å². The average molecular weight is 334 g/mol. The van der Waals surface area contributed by atoms with Crippen LogP contribution in [-0.2, 0) is 4.79 Å². The van der Waals surface area contributed by atoms with Gasteiger partial charge in [-0.1, -0.05) is 73.2 Å². The highest BCUT2D eigenvalue weighted by molar-refractivity contribution is 7.75. The van der Waals surface area contributed by atoms with Gasteiger partial charge in [-0.3, -0.25) is 4.79 Å². The van der Waals surface area contributed by atoms with E-state index in [1.165, 1.54) is 35.4 Å². The van der Waals surface area contributed by atoms with Crippen LogP contribution in [0.3, 0.4) is 0 Å². The van der Waals surface area contributed by atoms with Crippen LogP contribution in [0.5, 0.6) is 0 Å². The van der Waals surface area contributed by atoms with E-state index in [0.29, 0.717) is 0 Å². The first-order valence-electron chi connectivity index (χ1n) is 8.64. The highest BCUT2D eigenvalue weighted by Gasteiger charge is 2.14. The van der Waals surface area contributed by atoms with Crippen molar-refractivity contribution in [1.82, 2.24) is 0 Å². The topological polar surface area (TPSA) is 17.1 Å². The molecule has 2 aromatic rings. The number of hydrogen-bond acceptors (Lipinski definition) is 1. The molecule has 24 heavy (non-hydrogen) atoms. The van der Waals surface area contributed by atoms with Crippen molar-refractivity contribution in [3.05, 3.63) is 83.7 Å². The lowest BCUT2D eigenvalue weighted by molar-refractivity contribution is -0.104. The fraction of sp³-hybridized carbons (Fsp3) is 0.227. The standard InChI is InChI=1S/C22H23OP/c23-17-20(19-11-5-1-2-6-12-19)18-24(21-13-7-3-8-14-21)22-15-9-4-10-16-22/h3-4,7-11,13-18H,1-2,5-6,12H2/b20-18+. The second-order valence-corrected chi connectivity index (χ2v) is 8.10. The van der Waals surface area contributed by atoms with Crippen LogP contribution < -0.4 is 10.6 Å². The van der Waals surface area contributed by atoms with E-state index >= 15 is 0 Å². The smallest absolute Gasteiger partial charge is 0.150 e. The van der Waals surface area contributed by atoms with Gasteiger partial charge in [0.2, 0.25) is 0 Å². The first-order chi connectivity index (χ1) is 11.9. The highest BCUT2D eigenvalue weighted by atomic mass is 31.1. The summed E-state index contributed by atoms with van der Waals surface area (Å²) in [5.74, 6) is 2.21. The molecule has 2 heteroatoms. The number of hydrogen-bond donors (Lipinski definition) is 0. The number of allylic oxidation sites excluding steroid dienone is 3. The second kappa shape index (κ2) is 8.76. The monoisotopic (exact) mass is 334 g/mol. The van der Waals surface area contributed by atoms with Gasteiger partial charge in [0.05, 0.1) is 0 Å². The highest BCUT2D eigenvalue weighted by Crippen LogP contribution is 2.38. The maximum absolute atomic E-state index is 11.8. The van der Waals surface area contributed by atoms with Gasteiger partial charge < -0.3 is 0 Å². The molecule has 0 aliphatic heterocycles. The lowest BCUT2D eigenvalue weighted by atomic mass is 10.0. The van der Waals surface area contributed by atoms with Gasteiger partial charge in [0.1, 0.15) is 6.29 Å². The molecule has 0 atom stereocenters. The zero-order valence-corrected chi connectivity index (χ0v) is 14.8. The van der Waals surface area contributed by atoms with Crippen molar-refractivity contribution in [2.45, 2.75) is 32.1 Å². The minimum Gasteiger partial charge on any atom is -0.298 e. The van der Waals surface area contributed by atoms with Gasteiger partial charge in [-0.15, -0.1) is 0 Å². The Morgan fingerprint density at radius 1 is 0.833 bits per heavy atom. The first kappa shape index (κ1) is 16.9. The third-order valence-electron chi connectivity index (χ3n) is 4.38. The lowest BCUT2D eigenvalue weighted by Gasteiger charge is -2.16. The summed E-state index contributed by atoms with van der Waals surface area (Å²) < 4.78 is 0. The third-order valence-corrected chi connectivity index (χ3v) is 6.62. The SMILES string of the molecule is O=C/C(=C\P(c1ccccc1)c1ccccc1)C1=CCCCCC1. The van der Waals surface area contributed by atoms with E-state index < -0.39 is 7.92 Å². The normalized spacial score (nSPS) is 15.7. The predicted molar refractivity (Wildman–Crippen MR) is 104 cm³/mol. The Bertz CT molecular complexity index is 677. The molecule has 0 fully saturated rings. The molecule has 0 N–H and O–H groups in total. The molecular weight excluding hydrogens is 311 g/mol. The summed E-state index contributed by atoms with van der Waals surface area (Å²) in [7, 11) is -0.664. The van der Waals surface area contributed by atoms with Crippen LogP contribution in [0.1, 0.15) is 32.1 Å². The van der Waals surface area contributed by atoms with E-state index in [1.807, 2.05) is 12.1 Å². The van der Waals surface area contributed by atoms with E-state index in [4.69, 9.17) is 0 Å². The van der Waals surface area contributed by atoms with Crippen LogP contribution in [0.15, 0.2) is 83.7 Å². The first-order valence-corrected chi connectivity index (χ1v) is 10.1. The number of rotatable bonds is 5. The van der Waals surface area contributed by atoms with Crippen molar-refractivity contribution in [3.8, 4) is 0 Å². The van der Waals surface area contributed by atoms with Gasteiger partial charge in [0.25, 0.3) is 0 Å². The molecule has 1 aliphatic carbocycles. The van der Waals surface area contributed by atoms with Crippen LogP contribution in [0.25, 0.3) is 0 Å². The summed E-state index contributed by atoms with van der Waals surface area (Å²) in [5, 5.41) is 2.57. The second-order valence-electron chi connectivity index (χ2n) is 6.07. The molecule has 0 saturated heterocycles. The average Bonchev–Trinajstić information content (AvgIpc) is 2.94.